The molecule has 0 aliphatic heterocycles. The number of furan rings is 2. The fraction of sp³-hybridized carbons (Fsp3) is 0. The quantitative estimate of drug-likeness (QED) is 0.182. The molecule has 3 nitrogen and oxygen atoms in total. The molecule has 0 amide bonds. The van der Waals surface area contributed by atoms with Gasteiger partial charge in [0.05, 0.1) is 5.69 Å². The molecule has 0 radical (unpaired) electrons. The fourth-order valence-corrected chi connectivity index (χ4v) is 8.18. The van der Waals surface area contributed by atoms with Crippen LogP contribution in [0.15, 0.2) is 197 Å². The van der Waals surface area contributed by atoms with Crippen molar-refractivity contribution in [2.75, 3.05) is 4.90 Å². The molecule has 0 aliphatic carbocycles. The summed E-state index contributed by atoms with van der Waals surface area (Å²) >= 11 is 0. The van der Waals surface area contributed by atoms with Crippen LogP contribution >= 0.6 is 0 Å². The van der Waals surface area contributed by atoms with Crippen LogP contribution in [0.1, 0.15) is 0 Å². The molecule has 2 heterocycles. The van der Waals surface area contributed by atoms with Crippen LogP contribution in [0.5, 0.6) is 0 Å². The van der Waals surface area contributed by atoms with Gasteiger partial charge in [0.15, 0.2) is 5.58 Å². The average molecular weight is 678 g/mol. The molecular formula is C50H31NO2. The Labute approximate surface area is 305 Å². The monoisotopic (exact) mass is 677 g/mol. The maximum atomic E-state index is 6.61. The third-order valence-corrected chi connectivity index (χ3v) is 10.7. The summed E-state index contributed by atoms with van der Waals surface area (Å²) in [6, 6.07) is 66.7. The molecule has 0 saturated heterocycles. The van der Waals surface area contributed by atoms with Gasteiger partial charge in [-0.15, -0.1) is 0 Å². The first-order chi connectivity index (χ1) is 26.3. The van der Waals surface area contributed by atoms with Crippen LogP contribution in [-0.4, -0.2) is 0 Å². The second-order valence-corrected chi connectivity index (χ2v) is 13.7. The van der Waals surface area contributed by atoms with Gasteiger partial charge in [0.25, 0.3) is 0 Å². The maximum Gasteiger partial charge on any atom is 0.159 e. The molecule has 248 valence electrons. The van der Waals surface area contributed by atoms with Crippen LogP contribution < -0.4 is 4.90 Å². The first-order valence-electron chi connectivity index (χ1n) is 18.0. The molecule has 0 spiro atoms. The van der Waals surface area contributed by atoms with Gasteiger partial charge in [0.2, 0.25) is 0 Å². The molecule has 0 fully saturated rings. The van der Waals surface area contributed by atoms with Crippen LogP contribution in [0, 0.1) is 0 Å². The number of hydrogen-bond donors (Lipinski definition) is 0. The van der Waals surface area contributed by atoms with Crippen molar-refractivity contribution in [3.63, 3.8) is 0 Å². The van der Waals surface area contributed by atoms with E-state index < -0.39 is 0 Å². The Kier molecular flexibility index (Phi) is 6.55. The molecular weight excluding hydrogens is 647 g/mol. The Morgan fingerprint density at radius 2 is 0.868 bits per heavy atom. The number of para-hydroxylation sites is 3. The maximum absolute atomic E-state index is 6.61. The lowest BCUT2D eigenvalue weighted by atomic mass is 9.95. The summed E-state index contributed by atoms with van der Waals surface area (Å²) in [5.41, 5.74) is 11.3. The lowest BCUT2D eigenvalue weighted by Gasteiger charge is -2.26. The predicted octanol–water partition coefficient (Wildman–Crippen LogP) is 14.6. The van der Waals surface area contributed by atoms with E-state index in [4.69, 9.17) is 8.83 Å². The van der Waals surface area contributed by atoms with Crippen molar-refractivity contribution >= 4 is 82.5 Å². The van der Waals surface area contributed by atoms with Gasteiger partial charge in [-0.2, -0.15) is 0 Å². The molecule has 0 aliphatic rings. The topological polar surface area (TPSA) is 29.5 Å². The highest BCUT2D eigenvalue weighted by Crippen LogP contribution is 2.45. The second kappa shape index (κ2) is 11.7. The van der Waals surface area contributed by atoms with Gasteiger partial charge in [-0.05, 0) is 86.9 Å². The molecule has 3 heteroatoms. The number of fused-ring (bicyclic) bond motifs is 9. The molecule has 11 aromatic rings. The normalized spacial score (nSPS) is 11.8. The third kappa shape index (κ3) is 4.68. The van der Waals surface area contributed by atoms with Crippen molar-refractivity contribution in [1.29, 1.82) is 0 Å². The first-order valence-corrected chi connectivity index (χ1v) is 18.0. The van der Waals surface area contributed by atoms with Crippen molar-refractivity contribution < 1.29 is 8.83 Å². The van der Waals surface area contributed by atoms with Crippen LogP contribution in [-0.2, 0) is 0 Å². The van der Waals surface area contributed by atoms with Crippen LogP contribution in [0.3, 0.4) is 0 Å². The van der Waals surface area contributed by atoms with E-state index in [1.165, 1.54) is 21.9 Å². The van der Waals surface area contributed by atoms with E-state index in [0.717, 1.165) is 82.8 Å². The number of benzene rings is 9. The van der Waals surface area contributed by atoms with Gasteiger partial charge in [0, 0.05) is 38.3 Å². The summed E-state index contributed by atoms with van der Waals surface area (Å²) in [5.74, 6) is 0. The zero-order valence-corrected chi connectivity index (χ0v) is 28.7. The van der Waals surface area contributed by atoms with E-state index in [9.17, 15) is 0 Å². The summed E-state index contributed by atoms with van der Waals surface area (Å²) in [4.78, 5) is 2.31. The average Bonchev–Trinajstić information content (AvgIpc) is 3.81. The van der Waals surface area contributed by atoms with Crippen molar-refractivity contribution in [3.05, 3.63) is 188 Å². The highest BCUT2D eigenvalue weighted by atomic mass is 16.3. The van der Waals surface area contributed by atoms with E-state index in [1.54, 1.807) is 0 Å². The Morgan fingerprint density at radius 3 is 1.62 bits per heavy atom. The molecule has 0 atom stereocenters. The minimum absolute atomic E-state index is 0.858. The Hall–Kier alpha value is -7.10. The highest BCUT2D eigenvalue weighted by Gasteiger charge is 2.21. The molecule has 53 heavy (non-hydrogen) atoms. The molecule has 0 saturated carbocycles. The predicted molar refractivity (Wildman–Crippen MR) is 222 cm³/mol. The summed E-state index contributed by atoms with van der Waals surface area (Å²) in [5, 5.41) is 9.22. The summed E-state index contributed by atoms with van der Waals surface area (Å²) in [7, 11) is 0. The van der Waals surface area contributed by atoms with Gasteiger partial charge in [-0.25, -0.2) is 0 Å². The van der Waals surface area contributed by atoms with E-state index in [1.807, 2.05) is 18.2 Å². The fourth-order valence-electron chi connectivity index (χ4n) is 8.18. The van der Waals surface area contributed by atoms with Crippen molar-refractivity contribution in [2.45, 2.75) is 0 Å². The van der Waals surface area contributed by atoms with Gasteiger partial charge in [-0.3, -0.25) is 0 Å². The lowest BCUT2D eigenvalue weighted by molar-refractivity contribution is 0.669. The Bertz CT molecular complexity index is 3160. The number of hydrogen-bond acceptors (Lipinski definition) is 3. The summed E-state index contributed by atoms with van der Waals surface area (Å²) in [6.07, 6.45) is 0. The highest BCUT2D eigenvalue weighted by molar-refractivity contribution is 6.21. The van der Waals surface area contributed by atoms with E-state index in [0.29, 0.717) is 0 Å². The minimum atomic E-state index is 0.858. The SMILES string of the molecule is c1ccc2c(-c3ccc(N(c4ccc(-c5cc6ccccc6c6oc7ccccc7c56)cc4)c4cccc5c4oc4ccccc45)cc3)cccc2c1. The molecule has 0 N–H and O–H groups in total. The minimum Gasteiger partial charge on any atom is -0.455 e. The number of rotatable bonds is 5. The van der Waals surface area contributed by atoms with E-state index >= 15 is 0 Å². The molecule has 9 aromatic carbocycles. The standard InChI is InChI=1S/C50H31NO2/c1-3-14-38-32(11-1)13-9-18-39(38)33-23-27-36(28-24-33)51(45-20-10-19-42-41-16-5-7-21-46(41)52-49(42)45)37-29-25-34(26-30-37)44-31-35-12-2-4-15-40(35)50-48(44)43-17-6-8-22-47(43)53-50/h1-31H. The van der Waals surface area contributed by atoms with Crippen LogP contribution in [0.4, 0.5) is 17.1 Å². The molecule has 0 unspecified atom stereocenters. The zero-order valence-electron chi connectivity index (χ0n) is 28.7. The van der Waals surface area contributed by atoms with Crippen LogP contribution in [0.25, 0.3) is 87.7 Å². The smallest absolute Gasteiger partial charge is 0.159 e. The van der Waals surface area contributed by atoms with Gasteiger partial charge in [-0.1, -0.05) is 140 Å². The Balaban J connectivity index is 1.09. The first kappa shape index (κ1) is 29.6. The van der Waals surface area contributed by atoms with Gasteiger partial charge < -0.3 is 13.7 Å². The van der Waals surface area contributed by atoms with E-state index in [-0.39, 0.29) is 0 Å². The molecule has 0 bridgehead atoms. The van der Waals surface area contributed by atoms with E-state index in [2.05, 4.69) is 175 Å². The van der Waals surface area contributed by atoms with Crippen molar-refractivity contribution in [3.8, 4) is 22.3 Å². The third-order valence-electron chi connectivity index (χ3n) is 10.7. The van der Waals surface area contributed by atoms with Crippen molar-refractivity contribution in [2.24, 2.45) is 0 Å². The van der Waals surface area contributed by atoms with Crippen molar-refractivity contribution in [1.82, 2.24) is 0 Å². The number of anilines is 3. The zero-order chi connectivity index (χ0) is 34.9. The molecule has 11 rings (SSSR count). The lowest BCUT2D eigenvalue weighted by Crippen LogP contribution is -2.10. The number of nitrogens with zero attached hydrogens (tertiary/aromatic N) is 1. The summed E-state index contributed by atoms with van der Waals surface area (Å²) in [6.45, 7) is 0. The Morgan fingerprint density at radius 1 is 0.340 bits per heavy atom. The summed E-state index contributed by atoms with van der Waals surface area (Å²) < 4.78 is 13.1. The molecule has 2 aromatic heterocycles. The van der Waals surface area contributed by atoms with Gasteiger partial charge >= 0.3 is 0 Å². The largest absolute Gasteiger partial charge is 0.455 e. The van der Waals surface area contributed by atoms with Crippen LogP contribution in [0.2, 0.25) is 0 Å². The van der Waals surface area contributed by atoms with Gasteiger partial charge in [0.1, 0.15) is 16.7 Å². The second-order valence-electron chi connectivity index (χ2n) is 13.7.